The minimum atomic E-state index is -0.502. The summed E-state index contributed by atoms with van der Waals surface area (Å²) in [5.41, 5.74) is 0.737. The van der Waals surface area contributed by atoms with Gasteiger partial charge in [0.05, 0.1) is 6.26 Å². The first-order chi connectivity index (χ1) is 12.1. The Morgan fingerprint density at radius 2 is 2.08 bits per heavy atom. The molecule has 25 heavy (non-hydrogen) atoms. The van der Waals surface area contributed by atoms with E-state index < -0.39 is 5.25 Å². The highest BCUT2D eigenvalue weighted by Crippen LogP contribution is 2.29. The van der Waals surface area contributed by atoms with Crippen LogP contribution in [0.15, 0.2) is 51.6 Å². The number of aromatic nitrogens is 5. The van der Waals surface area contributed by atoms with E-state index in [4.69, 9.17) is 20.5 Å². The van der Waals surface area contributed by atoms with Gasteiger partial charge in [0, 0.05) is 17.6 Å². The molecule has 7 nitrogen and oxygen atoms in total. The van der Waals surface area contributed by atoms with E-state index in [9.17, 15) is 0 Å². The highest BCUT2D eigenvalue weighted by molar-refractivity contribution is 7.80. The summed E-state index contributed by atoms with van der Waals surface area (Å²) >= 11 is 10.6. The zero-order valence-electron chi connectivity index (χ0n) is 13.0. The summed E-state index contributed by atoms with van der Waals surface area (Å²) in [5, 5.41) is 12.4. The van der Waals surface area contributed by atoms with Crippen LogP contribution >= 0.6 is 24.2 Å². The van der Waals surface area contributed by atoms with E-state index in [-0.39, 0.29) is 0 Å². The van der Waals surface area contributed by atoms with E-state index in [1.165, 1.54) is 0 Å². The summed E-state index contributed by atoms with van der Waals surface area (Å²) in [6.07, 6.45) is 1.58. The number of thiol groups is 1. The van der Waals surface area contributed by atoms with E-state index >= 15 is 0 Å². The fourth-order valence-corrected chi connectivity index (χ4v) is 2.92. The Bertz CT molecular complexity index is 1010. The minimum Gasteiger partial charge on any atom is -0.461 e. The summed E-state index contributed by atoms with van der Waals surface area (Å²) in [7, 11) is 1.83. The molecule has 4 aromatic rings. The van der Waals surface area contributed by atoms with Gasteiger partial charge in [0.1, 0.15) is 5.25 Å². The van der Waals surface area contributed by atoms with E-state index in [1.54, 1.807) is 29.0 Å². The minimum absolute atomic E-state index is 0.366. The van der Waals surface area contributed by atoms with E-state index in [2.05, 4.69) is 33.0 Å². The molecule has 0 amide bonds. The van der Waals surface area contributed by atoms with Gasteiger partial charge in [-0.15, -0.1) is 10.2 Å². The Hall–Kier alpha value is -2.58. The molecule has 0 spiro atoms. The Labute approximate surface area is 153 Å². The average molecular weight is 374 g/mol. The number of hydrogen-bond donors (Lipinski definition) is 1. The third kappa shape index (κ3) is 2.94. The molecule has 0 saturated carbocycles. The molecule has 3 aromatic heterocycles. The van der Waals surface area contributed by atoms with Crippen molar-refractivity contribution in [1.82, 2.24) is 24.9 Å². The van der Waals surface area contributed by atoms with E-state index in [0.717, 1.165) is 5.56 Å². The molecular formula is C16H12ClN5O2S. The van der Waals surface area contributed by atoms with Crippen molar-refractivity contribution in [2.75, 3.05) is 0 Å². The Kier molecular flexibility index (Phi) is 4.06. The number of hydrogen-bond acceptors (Lipinski definition) is 7. The lowest BCUT2D eigenvalue weighted by molar-refractivity contribution is 0.423. The van der Waals surface area contributed by atoms with Gasteiger partial charge in [-0.25, -0.2) is 0 Å². The summed E-state index contributed by atoms with van der Waals surface area (Å²) in [5.74, 6) is 2.55. The van der Waals surface area contributed by atoms with Crippen molar-refractivity contribution < 1.29 is 8.94 Å². The first-order valence-electron chi connectivity index (χ1n) is 7.34. The molecule has 9 heteroatoms. The predicted octanol–water partition coefficient (Wildman–Crippen LogP) is 3.80. The second kappa shape index (κ2) is 6.38. The summed E-state index contributed by atoms with van der Waals surface area (Å²) in [6, 6.07) is 10.8. The molecule has 1 atom stereocenters. The first kappa shape index (κ1) is 15.9. The van der Waals surface area contributed by atoms with Gasteiger partial charge in [0.25, 0.3) is 5.89 Å². The van der Waals surface area contributed by atoms with Gasteiger partial charge in [-0.3, -0.25) is 0 Å². The lowest BCUT2D eigenvalue weighted by Gasteiger charge is -2.05. The third-order valence-corrected chi connectivity index (χ3v) is 4.35. The quantitative estimate of drug-likeness (QED) is 0.548. The predicted molar refractivity (Wildman–Crippen MR) is 94.3 cm³/mol. The molecule has 0 aliphatic heterocycles. The van der Waals surface area contributed by atoms with Crippen LogP contribution in [0.2, 0.25) is 5.02 Å². The van der Waals surface area contributed by atoms with Gasteiger partial charge in [-0.2, -0.15) is 17.6 Å². The molecule has 126 valence electrons. The molecule has 0 aliphatic carbocycles. The van der Waals surface area contributed by atoms with Crippen molar-refractivity contribution >= 4 is 24.2 Å². The molecule has 0 fully saturated rings. The lowest BCUT2D eigenvalue weighted by atomic mass is 10.2. The van der Waals surface area contributed by atoms with Crippen LogP contribution < -0.4 is 0 Å². The van der Waals surface area contributed by atoms with Gasteiger partial charge < -0.3 is 13.5 Å². The van der Waals surface area contributed by atoms with Crippen LogP contribution in [0.5, 0.6) is 0 Å². The number of benzene rings is 1. The summed E-state index contributed by atoms with van der Waals surface area (Å²) in [6.45, 7) is 0. The largest absolute Gasteiger partial charge is 0.461 e. The SMILES string of the molecule is Cn1c(-c2ccco2)nnc1C(S)c1noc(-c2cccc(Cl)c2)n1. The zero-order valence-corrected chi connectivity index (χ0v) is 14.6. The van der Waals surface area contributed by atoms with Crippen LogP contribution in [0.3, 0.4) is 0 Å². The van der Waals surface area contributed by atoms with Gasteiger partial charge in [0.2, 0.25) is 0 Å². The standard InChI is InChI=1S/C16H12ClN5O2S/c1-22-14(11-6-3-7-23-11)19-20-15(22)12(25)13-18-16(24-21-13)9-4-2-5-10(17)8-9/h2-8,12,25H,1H3. The molecule has 0 radical (unpaired) electrons. The normalized spacial score (nSPS) is 12.4. The topological polar surface area (TPSA) is 82.8 Å². The Balaban J connectivity index is 1.65. The summed E-state index contributed by atoms with van der Waals surface area (Å²) in [4.78, 5) is 4.39. The number of furan rings is 1. The molecule has 4 rings (SSSR count). The second-order valence-corrected chi connectivity index (χ2v) is 6.24. The first-order valence-corrected chi connectivity index (χ1v) is 8.23. The number of halogens is 1. The molecule has 1 aromatic carbocycles. The zero-order chi connectivity index (χ0) is 17.4. The highest BCUT2D eigenvalue weighted by atomic mass is 35.5. The Morgan fingerprint density at radius 1 is 1.20 bits per heavy atom. The van der Waals surface area contributed by atoms with Gasteiger partial charge >= 0.3 is 0 Å². The number of rotatable bonds is 4. The number of nitrogens with zero attached hydrogens (tertiary/aromatic N) is 5. The van der Waals surface area contributed by atoms with Crippen molar-refractivity contribution in [2.45, 2.75) is 5.25 Å². The molecular weight excluding hydrogens is 362 g/mol. The molecule has 0 saturated heterocycles. The molecule has 0 bridgehead atoms. The van der Waals surface area contributed by atoms with Crippen molar-refractivity contribution in [1.29, 1.82) is 0 Å². The summed E-state index contributed by atoms with van der Waals surface area (Å²) < 4.78 is 12.5. The van der Waals surface area contributed by atoms with Crippen LogP contribution in [-0.4, -0.2) is 24.9 Å². The highest BCUT2D eigenvalue weighted by Gasteiger charge is 2.24. The van der Waals surface area contributed by atoms with Crippen LogP contribution in [-0.2, 0) is 7.05 Å². The molecule has 3 heterocycles. The lowest BCUT2D eigenvalue weighted by Crippen LogP contribution is -2.05. The van der Waals surface area contributed by atoms with Crippen LogP contribution in [0.1, 0.15) is 16.9 Å². The Morgan fingerprint density at radius 3 is 2.84 bits per heavy atom. The fourth-order valence-electron chi connectivity index (χ4n) is 2.40. The smallest absolute Gasteiger partial charge is 0.258 e. The third-order valence-electron chi connectivity index (χ3n) is 3.65. The monoisotopic (exact) mass is 373 g/mol. The molecule has 1 unspecified atom stereocenters. The van der Waals surface area contributed by atoms with E-state index in [1.807, 2.05) is 25.2 Å². The van der Waals surface area contributed by atoms with Crippen molar-refractivity contribution in [3.63, 3.8) is 0 Å². The van der Waals surface area contributed by atoms with Gasteiger partial charge in [0.15, 0.2) is 23.2 Å². The maximum absolute atomic E-state index is 6.00. The molecule has 0 N–H and O–H groups in total. The van der Waals surface area contributed by atoms with Crippen molar-refractivity contribution in [3.8, 4) is 23.0 Å². The van der Waals surface area contributed by atoms with Gasteiger partial charge in [-0.1, -0.05) is 22.8 Å². The maximum atomic E-state index is 6.00. The van der Waals surface area contributed by atoms with Crippen molar-refractivity contribution in [2.24, 2.45) is 7.05 Å². The van der Waals surface area contributed by atoms with Crippen LogP contribution in [0, 0.1) is 0 Å². The van der Waals surface area contributed by atoms with Crippen molar-refractivity contribution in [3.05, 3.63) is 59.3 Å². The van der Waals surface area contributed by atoms with E-state index in [0.29, 0.717) is 34.1 Å². The fraction of sp³-hybridized carbons (Fsp3) is 0.125. The second-order valence-electron chi connectivity index (χ2n) is 5.29. The van der Waals surface area contributed by atoms with Gasteiger partial charge in [-0.05, 0) is 30.3 Å². The van der Waals surface area contributed by atoms with Crippen LogP contribution in [0.4, 0.5) is 0 Å². The van der Waals surface area contributed by atoms with Crippen LogP contribution in [0.25, 0.3) is 23.0 Å². The maximum Gasteiger partial charge on any atom is 0.258 e. The molecule has 0 aliphatic rings. The average Bonchev–Trinajstić information content (AvgIpc) is 3.35.